The van der Waals surface area contributed by atoms with E-state index in [1.165, 1.54) is 0 Å². The molecule has 0 atom stereocenters. The zero-order chi connectivity index (χ0) is 10.1. The van der Waals surface area contributed by atoms with E-state index >= 15 is 0 Å². The minimum Gasteiger partial charge on any atom is -0.229 e. The molecule has 13 heavy (non-hydrogen) atoms. The first-order chi connectivity index (χ1) is 5.88. The zero-order valence-electron chi connectivity index (χ0n) is 6.79. The summed E-state index contributed by atoms with van der Waals surface area (Å²) in [5, 5.41) is 0. The fourth-order valence-electron chi connectivity index (χ4n) is 0.844. The average Bonchev–Trinajstić information content (AvgIpc) is 1.94. The third kappa shape index (κ3) is 3.06. The van der Waals surface area contributed by atoms with Gasteiger partial charge in [-0.05, 0) is 0 Å². The Labute approximate surface area is 74.3 Å². The van der Waals surface area contributed by atoms with E-state index in [0.29, 0.717) is 6.20 Å². The highest BCUT2D eigenvalue weighted by molar-refractivity contribution is 7.89. The molecule has 0 saturated heterocycles. The molecule has 6 heteroatoms. The number of pyridine rings is 1. The van der Waals surface area contributed by atoms with Gasteiger partial charge in [0.2, 0.25) is 5.95 Å². The quantitative estimate of drug-likeness (QED) is 0.677. The molecule has 0 N–H and O–H groups in total. The monoisotopic (exact) mass is 207 g/mol. The molecule has 0 spiro atoms. The van der Waals surface area contributed by atoms with Crippen molar-refractivity contribution in [2.75, 3.05) is 6.26 Å². The summed E-state index contributed by atoms with van der Waals surface area (Å²) in [4.78, 5) is 3.03. The highest BCUT2D eigenvalue weighted by Crippen LogP contribution is 2.10. The third-order valence-corrected chi connectivity index (χ3v) is 2.15. The minimum atomic E-state index is -3.35. The maximum Gasteiger partial charge on any atom is 0.213 e. The maximum atomic E-state index is 12.8. The average molecular weight is 207 g/mol. The number of rotatable bonds is 2. The van der Waals surface area contributed by atoms with Gasteiger partial charge in [-0.1, -0.05) is 0 Å². The predicted molar refractivity (Wildman–Crippen MR) is 42.7 cm³/mol. The lowest BCUT2D eigenvalue weighted by molar-refractivity contribution is 0.551. The smallest absolute Gasteiger partial charge is 0.213 e. The third-order valence-electron chi connectivity index (χ3n) is 1.32. The van der Waals surface area contributed by atoms with Gasteiger partial charge in [-0.15, -0.1) is 0 Å². The Hall–Kier alpha value is -1.04. The Morgan fingerprint density at radius 1 is 1.46 bits per heavy atom. The van der Waals surface area contributed by atoms with E-state index in [-0.39, 0.29) is 5.56 Å². The van der Waals surface area contributed by atoms with Gasteiger partial charge in [0, 0.05) is 17.9 Å². The highest BCUT2D eigenvalue weighted by atomic mass is 32.2. The second-order valence-electron chi connectivity index (χ2n) is 2.67. The van der Waals surface area contributed by atoms with Crippen LogP contribution in [0.3, 0.4) is 0 Å². The lowest BCUT2D eigenvalue weighted by atomic mass is 10.3. The van der Waals surface area contributed by atoms with E-state index in [1.807, 2.05) is 0 Å². The van der Waals surface area contributed by atoms with Gasteiger partial charge in [-0.3, -0.25) is 0 Å². The number of hydrogen-bond donors (Lipinski definition) is 0. The van der Waals surface area contributed by atoms with Crippen LogP contribution in [-0.4, -0.2) is 19.7 Å². The van der Waals surface area contributed by atoms with Gasteiger partial charge in [-0.25, -0.2) is 17.8 Å². The van der Waals surface area contributed by atoms with Crippen molar-refractivity contribution in [3.63, 3.8) is 0 Å². The molecule has 1 heterocycles. The molecule has 0 saturated carbocycles. The van der Waals surface area contributed by atoms with E-state index in [2.05, 4.69) is 4.98 Å². The molecule has 0 aliphatic rings. The molecule has 0 unspecified atom stereocenters. The summed E-state index contributed by atoms with van der Waals surface area (Å²) in [5.41, 5.74) is -0.199. The van der Waals surface area contributed by atoms with Gasteiger partial charge >= 0.3 is 0 Å². The van der Waals surface area contributed by atoms with E-state index in [0.717, 1.165) is 12.3 Å². The second-order valence-corrected chi connectivity index (χ2v) is 4.81. The highest BCUT2D eigenvalue weighted by Gasteiger charge is 2.10. The van der Waals surface area contributed by atoms with Crippen molar-refractivity contribution in [2.45, 2.75) is 5.75 Å². The molecule has 0 radical (unpaired) electrons. The van der Waals surface area contributed by atoms with Crippen LogP contribution >= 0.6 is 0 Å². The van der Waals surface area contributed by atoms with Gasteiger partial charge in [-0.2, -0.15) is 4.39 Å². The van der Waals surface area contributed by atoms with Gasteiger partial charge in [0.05, 0.1) is 11.9 Å². The molecular formula is C7H7F2NO2S. The summed E-state index contributed by atoms with van der Waals surface area (Å²) in [5.74, 6) is -2.22. The molecule has 1 aromatic rings. The molecular weight excluding hydrogens is 200 g/mol. The van der Waals surface area contributed by atoms with Crippen LogP contribution in [0, 0.1) is 11.8 Å². The van der Waals surface area contributed by atoms with Crippen LogP contribution in [-0.2, 0) is 15.6 Å². The van der Waals surface area contributed by atoms with Crippen molar-refractivity contribution in [3.8, 4) is 0 Å². The Bertz CT molecular complexity index is 417. The van der Waals surface area contributed by atoms with Crippen LogP contribution in [0.25, 0.3) is 0 Å². The summed E-state index contributed by atoms with van der Waals surface area (Å²) >= 11 is 0. The van der Waals surface area contributed by atoms with Crippen molar-refractivity contribution >= 4 is 9.84 Å². The van der Waals surface area contributed by atoms with Gasteiger partial charge in [0.25, 0.3) is 0 Å². The summed E-state index contributed by atoms with van der Waals surface area (Å²) in [6.07, 6.45) is 1.61. The van der Waals surface area contributed by atoms with E-state index < -0.39 is 27.4 Å². The Morgan fingerprint density at radius 3 is 2.62 bits per heavy atom. The Kier molecular flexibility index (Phi) is 2.60. The lowest BCUT2D eigenvalue weighted by Gasteiger charge is -2.00. The largest absolute Gasteiger partial charge is 0.229 e. The summed E-state index contributed by atoms with van der Waals surface area (Å²) in [7, 11) is -3.35. The predicted octanol–water partition coefficient (Wildman–Crippen LogP) is 0.904. The van der Waals surface area contributed by atoms with Gasteiger partial charge < -0.3 is 0 Å². The number of aromatic nitrogens is 1. The molecule has 3 nitrogen and oxygen atoms in total. The second kappa shape index (κ2) is 3.37. The summed E-state index contributed by atoms with van der Waals surface area (Å²) < 4.78 is 46.8. The molecule has 0 bridgehead atoms. The van der Waals surface area contributed by atoms with Crippen molar-refractivity contribution in [1.82, 2.24) is 4.98 Å². The molecule has 1 aromatic heterocycles. The van der Waals surface area contributed by atoms with Crippen LogP contribution in [0.15, 0.2) is 12.3 Å². The SMILES string of the molecule is CS(=O)(=O)Cc1cc(F)ncc1F. The lowest BCUT2D eigenvalue weighted by Crippen LogP contribution is -2.04. The van der Waals surface area contributed by atoms with Crippen molar-refractivity contribution in [3.05, 3.63) is 29.6 Å². The molecule has 1 rings (SSSR count). The molecule has 0 fully saturated rings. The molecule has 0 aliphatic heterocycles. The molecule has 0 aliphatic carbocycles. The van der Waals surface area contributed by atoms with E-state index in [4.69, 9.17) is 0 Å². The van der Waals surface area contributed by atoms with Gasteiger partial charge in [0.1, 0.15) is 5.82 Å². The van der Waals surface area contributed by atoms with Crippen LogP contribution in [0.4, 0.5) is 8.78 Å². The van der Waals surface area contributed by atoms with Crippen LogP contribution in [0.2, 0.25) is 0 Å². The first-order valence-electron chi connectivity index (χ1n) is 3.36. The fraction of sp³-hybridized carbons (Fsp3) is 0.286. The standard InChI is InChI=1S/C7H7F2NO2S/c1-13(11,12)4-5-2-7(9)10-3-6(5)8/h2-3H,4H2,1H3. The summed E-state index contributed by atoms with van der Waals surface area (Å²) in [6.45, 7) is 0. The minimum absolute atomic E-state index is 0.199. The first kappa shape index (κ1) is 10.0. The molecule has 72 valence electrons. The van der Waals surface area contributed by atoms with Gasteiger partial charge in [0.15, 0.2) is 9.84 Å². The van der Waals surface area contributed by atoms with Crippen LogP contribution in [0.1, 0.15) is 5.56 Å². The van der Waals surface area contributed by atoms with Crippen molar-refractivity contribution in [2.24, 2.45) is 0 Å². The number of hydrogen-bond acceptors (Lipinski definition) is 3. The van der Waals surface area contributed by atoms with E-state index in [9.17, 15) is 17.2 Å². The summed E-state index contributed by atoms with van der Waals surface area (Å²) in [6, 6.07) is 0.774. The zero-order valence-corrected chi connectivity index (χ0v) is 7.61. The normalized spacial score (nSPS) is 11.6. The van der Waals surface area contributed by atoms with Crippen LogP contribution in [0.5, 0.6) is 0 Å². The topological polar surface area (TPSA) is 47.0 Å². The van der Waals surface area contributed by atoms with Crippen molar-refractivity contribution in [1.29, 1.82) is 0 Å². The first-order valence-corrected chi connectivity index (χ1v) is 5.42. The number of halogens is 2. The van der Waals surface area contributed by atoms with Crippen molar-refractivity contribution < 1.29 is 17.2 Å². The maximum absolute atomic E-state index is 12.8. The molecule has 0 amide bonds. The van der Waals surface area contributed by atoms with Crippen LogP contribution < -0.4 is 0 Å². The number of sulfone groups is 1. The van der Waals surface area contributed by atoms with E-state index in [1.54, 1.807) is 0 Å². The Balaban J connectivity index is 3.08. The fourth-order valence-corrected chi connectivity index (χ4v) is 1.63. The molecule has 0 aromatic carbocycles. The Morgan fingerprint density at radius 2 is 2.08 bits per heavy atom. The number of nitrogens with zero attached hydrogens (tertiary/aromatic N) is 1.